The molecule has 0 aliphatic rings. The first-order valence-electron chi connectivity index (χ1n) is 7.83. The lowest BCUT2D eigenvalue weighted by atomic mass is 10.0. The number of nitro groups is 1. The van der Waals surface area contributed by atoms with E-state index in [0.717, 1.165) is 16.7 Å². The summed E-state index contributed by atoms with van der Waals surface area (Å²) in [5.41, 5.74) is 4.59. The van der Waals surface area contributed by atoms with Crippen LogP contribution >= 0.6 is 0 Å². The highest BCUT2D eigenvalue weighted by atomic mass is 16.6. The van der Waals surface area contributed by atoms with Gasteiger partial charge >= 0.3 is 0 Å². The normalized spacial score (nSPS) is 10.6. The Kier molecular flexibility index (Phi) is 4.43. The SMILES string of the molecule is Cc1ccc(-c2ccc(=O)n(Cc3ccc([N+](=O)[O-])cc3)n2)cc1C. The zero-order chi connectivity index (χ0) is 18.0. The molecule has 0 amide bonds. The summed E-state index contributed by atoms with van der Waals surface area (Å²) in [6, 6.07) is 15.4. The third kappa shape index (κ3) is 3.63. The maximum atomic E-state index is 12.1. The first kappa shape index (κ1) is 16.6. The van der Waals surface area contributed by atoms with E-state index in [1.165, 1.54) is 28.4 Å². The van der Waals surface area contributed by atoms with Gasteiger partial charge in [-0.05, 0) is 42.7 Å². The number of hydrogen-bond donors (Lipinski definition) is 0. The minimum Gasteiger partial charge on any atom is -0.268 e. The van der Waals surface area contributed by atoms with Gasteiger partial charge in [0.05, 0.1) is 17.2 Å². The highest BCUT2D eigenvalue weighted by molar-refractivity contribution is 5.60. The Morgan fingerprint density at radius 3 is 2.36 bits per heavy atom. The van der Waals surface area contributed by atoms with Crippen molar-refractivity contribution in [3.8, 4) is 11.3 Å². The highest BCUT2D eigenvalue weighted by Crippen LogP contribution is 2.19. The van der Waals surface area contributed by atoms with Crippen LogP contribution in [0.2, 0.25) is 0 Å². The summed E-state index contributed by atoms with van der Waals surface area (Å²) in [6.07, 6.45) is 0. The molecule has 6 heteroatoms. The van der Waals surface area contributed by atoms with Gasteiger partial charge in [-0.2, -0.15) is 5.10 Å². The smallest absolute Gasteiger partial charge is 0.268 e. The molecule has 126 valence electrons. The second-order valence-corrected chi connectivity index (χ2v) is 5.94. The van der Waals surface area contributed by atoms with Gasteiger partial charge in [0.25, 0.3) is 11.2 Å². The van der Waals surface area contributed by atoms with E-state index in [1.54, 1.807) is 18.2 Å². The molecule has 0 saturated carbocycles. The van der Waals surface area contributed by atoms with E-state index in [9.17, 15) is 14.9 Å². The van der Waals surface area contributed by atoms with E-state index in [-0.39, 0.29) is 17.8 Å². The van der Waals surface area contributed by atoms with Gasteiger partial charge in [0, 0.05) is 23.8 Å². The van der Waals surface area contributed by atoms with Crippen LogP contribution in [0, 0.1) is 24.0 Å². The van der Waals surface area contributed by atoms with Gasteiger partial charge in [-0.3, -0.25) is 14.9 Å². The number of aryl methyl sites for hydroxylation is 2. The van der Waals surface area contributed by atoms with Gasteiger partial charge < -0.3 is 0 Å². The Morgan fingerprint density at radius 1 is 1.00 bits per heavy atom. The summed E-state index contributed by atoms with van der Waals surface area (Å²) in [4.78, 5) is 22.4. The Bertz CT molecular complexity index is 992. The Hall–Kier alpha value is -3.28. The number of nitro benzene ring substituents is 1. The molecule has 3 aromatic rings. The molecule has 0 bridgehead atoms. The summed E-state index contributed by atoms with van der Waals surface area (Å²) >= 11 is 0. The number of hydrogen-bond acceptors (Lipinski definition) is 4. The molecule has 0 N–H and O–H groups in total. The molecule has 1 heterocycles. The van der Waals surface area contributed by atoms with Crippen molar-refractivity contribution in [3.05, 3.63) is 91.8 Å². The largest absolute Gasteiger partial charge is 0.269 e. The van der Waals surface area contributed by atoms with Crippen LogP contribution in [-0.4, -0.2) is 14.7 Å². The maximum Gasteiger partial charge on any atom is 0.269 e. The summed E-state index contributed by atoms with van der Waals surface area (Å²) in [6.45, 7) is 4.34. The minimum atomic E-state index is -0.450. The van der Waals surface area contributed by atoms with Crippen LogP contribution < -0.4 is 5.56 Å². The minimum absolute atomic E-state index is 0.0212. The van der Waals surface area contributed by atoms with Gasteiger partial charge in [0.15, 0.2) is 0 Å². The topological polar surface area (TPSA) is 78.0 Å². The van der Waals surface area contributed by atoms with Crippen LogP contribution in [0.4, 0.5) is 5.69 Å². The first-order valence-corrected chi connectivity index (χ1v) is 7.83. The molecule has 0 unspecified atom stereocenters. The monoisotopic (exact) mass is 335 g/mol. The molecular formula is C19H17N3O3. The highest BCUT2D eigenvalue weighted by Gasteiger charge is 2.08. The van der Waals surface area contributed by atoms with Crippen molar-refractivity contribution < 1.29 is 4.92 Å². The average Bonchev–Trinajstić information content (AvgIpc) is 2.60. The Balaban J connectivity index is 1.92. The summed E-state index contributed by atoms with van der Waals surface area (Å²) in [5.74, 6) is 0. The third-order valence-electron chi connectivity index (χ3n) is 4.15. The standard InChI is InChI=1S/C19H17N3O3/c1-13-3-6-16(11-14(13)2)18-9-10-19(23)21(20-18)12-15-4-7-17(8-5-15)22(24)25/h3-11H,12H2,1-2H3. The fourth-order valence-electron chi connectivity index (χ4n) is 2.51. The summed E-state index contributed by atoms with van der Waals surface area (Å²) < 4.78 is 1.37. The molecule has 0 spiro atoms. The van der Waals surface area contributed by atoms with Gasteiger partial charge in [0.1, 0.15) is 0 Å². The van der Waals surface area contributed by atoms with Crippen molar-refractivity contribution in [1.82, 2.24) is 9.78 Å². The quantitative estimate of drug-likeness (QED) is 0.540. The molecule has 2 aromatic carbocycles. The number of aromatic nitrogens is 2. The molecule has 3 rings (SSSR count). The van der Waals surface area contributed by atoms with E-state index in [0.29, 0.717) is 5.69 Å². The Morgan fingerprint density at radius 2 is 1.72 bits per heavy atom. The fourth-order valence-corrected chi connectivity index (χ4v) is 2.51. The second kappa shape index (κ2) is 6.68. The van der Waals surface area contributed by atoms with Crippen LogP contribution in [0.25, 0.3) is 11.3 Å². The lowest BCUT2D eigenvalue weighted by molar-refractivity contribution is -0.384. The fraction of sp³-hybridized carbons (Fsp3) is 0.158. The molecule has 0 fully saturated rings. The van der Waals surface area contributed by atoms with E-state index in [4.69, 9.17) is 0 Å². The van der Waals surface area contributed by atoms with Gasteiger partial charge in [0.2, 0.25) is 0 Å². The van der Waals surface area contributed by atoms with Crippen molar-refractivity contribution in [1.29, 1.82) is 0 Å². The predicted octanol–water partition coefficient (Wildman–Crippen LogP) is 3.48. The lowest BCUT2D eigenvalue weighted by Crippen LogP contribution is -2.22. The van der Waals surface area contributed by atoms with Gasteiger partial charge in [-0.25, -0.2) is 4.68 Å². The Labute approximate surface area is 144 Å². The van der Waals surface area contributed by atoms with Crippen LogP contribution in [-0.2, 0) is 6.54 Å². The molecule has 0 aliphatic carbocycles. The van der Waals surface area contributed by atoms with Crippen LogP contribution in [0.15, 0.2) is 59.4 Å². The lowest BCUT2D eigenvalue weighted by Gasteiger charge is -2.09. The van der Waals surface area contributed by atoms with Crippen molar-refractivity contribution in [2.45, 2.75) is 20.4 Å². The van der Waals surface area contributed by atoms with E-state index in [1.807, 2.05) is 32.0 Å². The molecule has 6 nitrogen and oxygen atoms in total. The molecule has 1 aromatic heterocycles. The van der Waals surface area contributed by atoms with Crippen molar-refractivity contribution in [2.75, 3.05) is 0 Å². The van der Waals surface area contributed by atoms with E-state index >= 15 is 0 Å². The van der Waals surface area contributed by atoms with Crippen molar-refractivity contribution in [2.24, 2.45) is 0 Å². The summed E-state index contributed by atoms with van der Waals surface area (Å²) in [5, 5.41) is 15.2. The average molecular weight is 335 g/mol. The third-order valence-corrected chi connectivity index (χ3v) is 4.15. The van der Waals surface area contributed by atoms with Crippen molar-refractivity contribution in [3.63, 3.8) is 0 Å². The van der Waals surface area contributed by atoms with Gasteiger partial charge in [-0.15, -0.1) is 0 Å². The molecule has 0 saturated heterocycles. The molecular weight excluding hydrogens is 318 g/mol. The first-order chi connectivity index (χ1) is 11.9. The van der Waals surface area contributed by atoms with Crippen molar-refractivity contribution >= 4 is 5.69 Å². The van der Waals surface area contributed by atoms with Crippen LogP contribution in [0.1, 0.15) is 16.7 Å². The molecule has 0 radical (unpaired) electrons. The zero-order valence-electron chi connectivity index (χ0n) is 14.0. The molecule has 25 heavy (non-hydrogen) atoms. The number of rotatable bonds is 4. The molecule has 0 atom stereocenters. The van der Waals surface area contributed by atoms with Crippen LogP contribution in [0.5, 0.6) is 0 Å². The van der Waals surface area contributed by atoms with Crippen LogP contribution in [0.3, 0.4) is 0 Å². The van der Waals surface area contributed by atoms with Gasteiger partial charge in [-0.1, -0.05) is 24.3 Å². The predicted molar refractivity (Wildman–Crippen MR) is 95.6 cm³/mol. The number of nitrogens with zero attached hydrogens (tertiary/aromatic N) is 3. The van der Waals surface area contributed by atoms with E-state index in [2.05, 4.69) is 5.10 Å². The second-order valence-electron chi connectivity index (χ2n) is 5.94. The molecule has 0 aliphatic heterocycles. The maximum absolute atomic E-state index is 12.1. The zero-order valence-corrected chi connectivity index (χ0v) is 14.0. The number of non-ortho nitro benzene ring substituents is 1. The number of benzene rings is 2. The summed E-state index contributed by atoms with van der Waals surface area (Å²) in [7, 11) is 0. The van der Waals surface area contributed by atoms with E-state index < -0.39 is 4.92 Å².